The Labute approximate surface area is 317 Å². The number of carbonyl (C=O) groups excluding carboxylic acids is 4. The first-order valence-corrected chi connectivity index (χ1v) is 19.7. The number of hydrogen-bond acceptors (Lipinski definition) is 12. The van der Waals surface area contributed by atoms with Crippen molar-refractivity contribution in [2.75, 3.05) is 34.3 Å². The molecule has 1 unspecified atom stereocenters. The van der Waals surface area contributed by atoms with Gasteiger partial charge in [-0.1, -0.05) is 34.1 Å². The molecule has 16 nitrogen and oxygen atoms in total. The highest BCUT2D eigenvalue weighted by Crippen LogP contribution is 2.47. The van der Waals surface area contributed by atoms with Gasteiger partial charge >= 0.3 is 16.4 Å². The number of benzene rings is 1. The van der Waals surface area contributed by atoms with Gasteiger partial charge in [0.1, 0.15) is 35.1 Å². The van der Waals surface area contributed by atoms with Crippen molar-refractivity contribution in [1.82, 2.24) is 30.1 Å². The second-order valence-electron chi connectivity index (χ2n) is 16.5. The van der Waals surface area contributed by atoms with Crippen LogP contribution in [0.1, 0.15) is 73.6 Å². The fraction of sp³-hybridized carbons (Fsp3) is 0.649. The summed E-state index contributed by atoms with van der Waals surface area (Å²) in [7, 11) is 0.871. The lowest BCUT2D eigenvalue weighted by molar-refractivity contribution is -0.143. The van der Waals surface area contributed by atoms with Crippen LogP contribution in [0.4, 0.5) is 4.79 Å². The molecule has 5 rings (SSSR count). The Morgan fingerprint density at radius 2 is 1.78 bits per heavy atom. The molecule has 3 aliphatic rings. The standard InChI is InChI=1S/C37H54N6O10S/c1-10-23-19-37(23,33(46)41-54(48,49)53-24-11-12-24)40-30(44)28-18-26(51-31-27-14-13-25(50-9)17-22(27)15-16-38-31)20-43(28)32(45)29(35(2,3)4)39-34(47)52-36(5,6)21-42(7)8/h13-17,23-24,26,28-29H,10-12,18-21H2,1-9H3,(H,39,47)(H,40,44)(H,41,46)/t23?,26-,28+,29-,37-/m1/s1. The Morgan fingerprint density at radius 1 is 1.07 bits per heavy atom. The molecule has 0 radical (unpaired) electrons. The largest absolute Gasteiger partial charge is 0.497 e. The minimum atomic E-state index is -4.40. The second-order valence-corrected chi connectivity index (χ2v) is 17.8. The molecule has 0 bridgehead atoms. The van der Waals surface area contributed by atoms with E-state index < -0.39 is 75.0 Å². The summed E-state index contributed by atoms with van der Waals surface area (Å²) < 4.78 is 49.7. The van der Waals surface area contributed by atoms with Gasteiger partial charge in [-0.15, -0.1) is 0 Å². The summed E-state index contributed by atoms with van der Waals surface area (Å²) in [5, 5.41) is 7.06. The molecule has 17 heteroatoms. The van der Waals surface area contributed by atoms with Crippen LogP contribution in [0.15, 0.2) is 30.5 Å². The van der Waals surface area contributed by atoms with E-state index in [2.05, 4.69) is 15.6 Å². The number of pyridine rings is 1. The molecular weight excluding hydrogens is 721 g/mol. The average Bonchev–Trinajstić information content (AvgIpc) is 3.97. The highest BCUT2D eigenvalue weighted by Gasteiger charge is 2.62. The number of hydrogen-bond donors (Lipinski definition) is 3. The van der Waals surface area contributed by atoms with E-state index >= 15 is 0 Å². The van der Waals surface area contributed by atoms with E-state index in [-0.39, 0.29) is 31.2 Å². The molecule has 2 aliphatic carbocycles. The maximum absolute atomic E-state index is 14.6. The minimum Gasteiger partial charge on any atom is -0.497 e. The normalized spacial score (nSPS) is 23.4. The van der Waals surface area contributed by atoms with Crippen molar-refractivity contribution >= 4 is 44.9 Å². The number of alkyl carbamates (subject to hydrolysis) is 1. The molecule has 5 atom stereocenters. The molecule has 2 heterocycles. The SMILES string of the molecule is CCC1C[C@]1(NC(=O)[C@@H]1C[C@@H](Oc2nccc3cc(OC)ccc23)CN1C(=O)[C@@H](NC(=O)OC(C)(C)CN(C)C)C(C)(C)C)C(=O)NS(=O)(=O)OC1CC1. The van der Waals surface area contributed by atoms with Crippen LogP contribution in [0.3, 0.4) is 0 Å². The summed E-state index contributed by atoms with van der Waals surface area (Å²) >= 11 is 0. The van der Waals surface area contributed by atoms with Gasteiger partial charge < -0.3 is 34.6 Å². The van der Waals surface area contributed by atoms with E-state index in [1.54, 1.807) is 54.0 Å². The molecule has 298 valence electrons. The van der Waals surface area contributed by atoms with E-state index in [0.717, 1.165) is 5.39 Å². The van der Waals surface area contributed by atoms with Gasteiger partial charge in [-0.25, -0.2) is 14.5 Å². The van der Waals surface area contributed by atoms with Gasteiger partial charge in [0.2, 0.25) is 17.7 Å². The van der Waals surface area contributed by atoms with E-state index in [1.807, 2.05) is 48.8 Å². The van der Waals surface area contributed by atoms with Crippen molar-refractivity contribution in [2.45, 2.75) is 109 Å². The van der Waals surface area contributed by atoms with Gasteiger partial charge in [0.25, 0.3) is 5.91 Å². The van der Waals surface area contributed by atoms with Gasteiger partial charge in [-0.3, -0.25) is 18.6 Å². The fourth-order valence-electron chi connectivity index (χ4n) is 7.07. The van der Waals surface area contributed by atoms with Crippen molar-refractivity contribution in [3.05, 3.63) is 30.5 Å². The number of likely N-dealkylation sites (tertiary alicyclic amines) is 1. The van der Waals surface area contributed by atoms with Gasteiger partial charge in [-0.2, -0.15) is 8.42 Å². The topological polar surface area (TPSA) is 195 Å². The molecule has 2 saturated carbocycles. The van der Waals surface area contributed by atoms with Crippen LogP contribution >= 0.6 is 0 Å². The molecule has 2 aromatic rings. The second kappa shape index (κ2) is 15.5. The zero-order valence-electron chi connectivity index (χ0n) is 32.6. The van der Waals surface area contributed by atoms with Crippen molar-refractivity contribution in [1.29, 1.82) is 0 Å². The zero-order valence-corrected chi connectivity index (χ0v) is 33.4. The number of likely N-dealkylation sites (N-methyl/N-ethyl adjacent to an activating group) is 1. The Bertz CT molecular complexity index is 1860. The number of carbonyl (C=O) groups is 4. The van der Waals surface area contributed by atoms with Crippen LogP contribution in [0.5, 0.6) is 11.6 Å². The molecule has 3 fully saturated rings. The number of ether oxygens (including phenoxy) is 3. The average molecular weight is 775 g/mol. The lowest BCUT2D eigenvalue weighted by atomic mass is 9.85. The van der Waals surface area contributed by atoms with Gasteiger partial charge in [0.15, 0.2) is 0 Å². The Morgan fingerprint density at radius 3 is 2.37 bits per heavy atom. The lowest BCUT2D eigenvalue weighted by Crippen LogP contribution is -2.60. The summed E-state index contributed by atoms with van der Waals surface area (Å²) in [4.78, 5) is 63.4. The van der Waals surface area contributed by atoms with Crippen LogP contribution in [0, 0.1) is 11.3 Å². The third-order valence-electron chi connectivity index (χ3n) is 9.86. The molecule has 1 aromatic heterocycles. The van der Waals surface area contributed by atoms with E-state index in [4.69, 9.17) is 18.4 Å². The Balaban J connectivity index is 1.43. The highest BCUT2D eigenvalue weighted by molar-refractivity contribution is 7.85. The number of methoxy groups -OCH3 is 1. The van der Waals surface area contributed by atoms with Gasteiger partial charge in [0.05, 0.1) is 19.8 Å². The summed E-state index contributed by atoms with van der Waals surface area (Å²) in [6.45, 7) is 11.1. The molecule has 0 spiro atoms. The molecule has 1 saturated heterocycles. The number of aromatic nitrogens is 1. The smallest absolute Gasteiger partial charge is 0.408 e. The molecule has 3 N–H and O–H groups in total. The maximum Gasteiger partial charge on any atom is 0.408 e. The van der Waals surface area contributed by atoms with Crippen LogP contribution < -0.4 is 24.8 Å². The minimum absolute atomic E-state index is 0.0144. The summed E-state index contributed by atoms with van der Waals surface area (Å²) in [5.41, 5.74) is -3.24. The molecule has 54 heavy (non-hydrogen) atoms. The quantitative estimate of drug-likeness (QED) is 0.240. The first-order chi connectivity index (χ1) is 25.2. The van der Waals surface area contributed by atoms with Crippen molar-refractivity contribution in [3.63, 3.8) is 0 Å². The highest BCUT2D eigenvalue weighted by atomic mass is 32.2. The number of nitrogens with zero attached hydrogens (tertiary/aromatic N) is 3. The van der Waals surface area contributed by atoms with Gasteiger partial charge in [-0.05, 0) is 88.2 Å². The van der Waals surface area contributed by atoms with E-state index in [1.165, 1.54) is 4.90 Å². The third kappa shape index (κ3) is 9.71. The third-order valence-corrected chi connectivity index (χ3v) is 10.8. The molecule has 1 aliphatic heterocycles. The molecule has 1 aromatic carbocycles. The van der Waals surface area contributed by atoms with Crippen molar-refractivity contribution in [2.24, 2.45) is 11.3 Å². The van der Waals surface area contributed by atoms with Gasteiger partial charge in [0, 0.05) is 24.5 Å². The Kier molecular flexibility index (Phi) is 11.8. The first kappa shape index (κ1) is 41.0. The van der Waals surface area contributed by atoms with Crippen LogP contribution in [-0.2, 0) is 33.6 Å². The van der Waals surface area contributed by atoms with Crippen LogP contribution in [0.2, 0.25) is 0 Å². The number of amides is 4. The van der Waals surface area contributed by atoms with Crippen molar-refractivity contribution < 1.29 is 46.0 Å². The predicted octanol–water partition coefficient (Wildman–Crippen LogP) is 2.90. The summed E-state index contributed by atoms with van der Waals surface area (Å²) in [6.07, 6.45) is 1.42. The number of nitrogens with one attached hydrogen (secondary N) is 3. The number of fused-ring (bicyclic) bond motifs is 1. The predicted molar refractivity (Wildman–Crippen MR) is 199 cm³/mol. The van der Waals surface area contributed by atoms with E-state index in [9.17, 15) is 27.6 Å². The van der Waals surface area contributed by atoms with Crippen LogP contribution in [-0.4, -0.2) is 117 Å². The van der Waals surface area contributed by atoms with Crippen molar-refractivity contribution in [3.8, 4) is 11.6 Å². The summed E-state index contributed by atoms with van der Waals surface area (Å²) in [5.74, 6) is -1.55. The maximum atomic E-state index is 14.6. The monoisotopic (exact) mass is 774 g/mol. The molecule has 4 amide bonds. The summed E-state index contributed by atoms with van der Waals surface area (Å²) in [6, 6.07) is 4.93. The Hall–Kier alpha value is -4.22. The van der Waals surface area contributed by atoms with Crippen LogP contribution in [0.25, 0.3) is 10.8 Å². The number of rotatable bonds is 15. The zero-order chi connectivity index (χ0) is 39.8. The lowest BCUT2D eigenvalue weighted by Gasteiger charge is -2.36. The first-order valence-electron chi connectivity index (χ1n) is 18.3. The fourth-order valence-corrected chi connectivity index (χ4v) is 8.08. The molecular formula is C37H54N6O10S. The van der Waals surface area contributed by atoms with E-state index in [0.29, 0.717) is 36.9 Å².